The maximum absolute atomic E-state index is 13.0. The smallest absolute Gasteiger partial charge is 0.324 e. The van der Waals surface area contributed by atoms with E-state index in [-0.39, 0.29) is 17.4 Å². The Morgan fingerprint density at radius 3 is 2.67 bits per heavy atom. The lowest BCUT2D eigenvalue weighted by atomic mass is 10.1. The van der Waals surface area contributed by atoms with Crippen LogP contribution < -0.4 is 14.2 Å². The van der Waals surface area contributed by atoms with Gasteiger partial charge < -0.3 is 18.6 Å². The van der Waals surface area contributed by atoms with Gasteiger partial charge >= 0.3 is 5.97 Å². The first-order valence-corrected chi connectivity index (χ1v) is 12.7. The summed E-state index contributed by atoms with van der Waals surface area (Å²) in [6.45, 7) is 5.80. The third-order valence-electron chi connectivity index (χ3n) is 5.00. The molecule has 3 heterocycles. The third kappa shape index (κ3) is 5.21. The highest BCUT2D eigenvalue weighted by Gasteiger charge is 2.31. The molecule has 0 amide bonds. The van der Waals surface area contributed by atoms with E-state index in [1.54, 1.807) is 20.8 Å². The lowest BCUT2D eigenvalue weighted by Gasteiger charge is -2.22. The number of rotatable bonds is 8. The van der Waals surface area contributed by atoms with Crippen LogP contribution in [0.3, 0.4) is 0 Å². The summed E-state index contributed by atoms with van der Waals surface area (Å²) in [6, 6.07) is 7.00. The van der Waals surface area contributed by atoms with E-state index in [0.29, 0.717) is 42.1 Å². The summed E-state index contributed by atoms with van der Waals surface area (Å²) in [7, 11) is -4.02. The molecule has 0 aliphatic carbocycles. The maximum Gasteiger partial charge on any atom is 0.324 e. The van der Waals surface area contributed by atoms with Crippen molar-refractivity contribution in [1.82, 2.24) is 9.71 Å². The highest BCUT2D eigenvalue weighted by Crippen LogP contribution is 2.32. The zero-order valence-corrected chi connectivity index (χ0v) is 20.0. The van der Waals surface area contributed by atoms with Crippen molar-refractivity contribution in [2.45, 2.75) is 38.3 Å². The fraction of sp³-hybridized carbons (Fsp3) is 0.364. The second-order valence-electron chi connectivity index (χ2n) is 7.76. The zero-order chi connectivity index (χ0) is 23.6. The number of benzene rings is 1. The van der Waals surface area contributed by atoms with Gasteiger partial charge in [0, 0.05) is 6.07 Å². The van der Waals surface area contributed by atoms with E-state index in [0.717, 1.165) is 4.88 Å². The molecule has 3 aromatic rings. The van der Waals surface area contributed by atoms with Crippen molar-refractivity contribution in [2.75, 3.05) is 13.2 Å². The average molecular weight is 493 g/mol. The predicted octanol–water partition coefficient (Wildman–Crippen LogP) is 3.53. The van der Waals surface area contributed by atoms with Gasteiger partial charge in [0.15, 0.2) is 11.5 Å². The molecule has 1 N–H and O–H groups in total. The summed E-state index contributed by atoms with van der Waals surface area (Å²) in [5.74, 6) is 0.744. The Balaban J connectivity index is 1.45. The molecule has 0 spiro atoms. The highest BCUT2D eigenvalue weighted by atomic mass is 32.2. The van der Waals surface area contributed by atoms with Crippen LogP contribution in [0.5, 0.6) is 11.5 Å². The number of nitrogens with one attached hydrogen (secondary N) is 1. The molecular formula is C22H24N2O7S2. The second-order valence-corrected chi connectivity index (χ2v) is 10.4. The lowest BCUT2D eigenvalue weighted by Crippen LogP contribution is -2.45. The first-order chi connectivity index (χ1) is 15.7. The number of esters is 1. The van der Waals surface area contributed by atoms with Crippen molar-refractivity contribution in [3.8, 4) is 22.3 Å². The van der Waals surface area contributed by atoms with E-state index in [2.05, 4.69) is 9.71 Å². The number of hydrogen-bond acceptors (Lipinski definition) is 9. The summed E-state index contributed by atoms with van der Waals surface area (Å²) in [6.07, 6.45) is 0. The largest absolute Gasteiger partial charge is 0.486 e. The van der Waals surface area contributed by atoms with Crippen LogP contribution in [0.4, 0.5) is 0 Å². The monoisotopic (exact) mass is 492 g/mol. The number of aryl methyl sites for hydroxylation is 1. The van der Waals surface area contributed by atoms with Crippen molar-refractivity contribution in [3.63, 3.8) is 0 Å². The van der Waals surface area contributed by atoms with Gasteiger partial charge in [-0.25, -0.2) is 13.4 Å². The van der Waals surface area contributed by atoms with Gasteiger partial charge in [-0.2, -0.15) is 4.72 Å². The van der Waals surface area contributed by atoms with E-state index in [4.69, 9.17) is 18.6 Å². The van der Waals surface area contributed by atoms with E-state index < -0.39 is 22.0 Å². The van der Waals surface area contributed by atoms with Gasteiger partial charge in [-0.3, -0.25) is 4.79 Å². The third-order valence-corrected chi connectivity index (χ3v) is 7.30. The normalized spacial score (nSPS) is 14.3. The number of aromatic nitrogens is 1. The number of carbonyl (C=O) groups is 1. The molecule has 4 rings (SSSR count). The van der Waals surface area contributed by atoms with E-state index >= 15 is 0 Å². The van der Waals surface area contributed by atoms with Crippen LogP contribution in [0.2, 0.25) is 0 Å². The SMILES string of the molecule is Cc1oc(-c2cccs2)nc1COC(=O)[C@H](NS(=O)(=O)c1ccc2c(c1)OCCO2)C(C)C. The molecule has 0 unspecified atom stereocenters. The Hall–Kier alpha value is -2.89. The molecule has 0 radical (unpaired) electrons. The van der Waals surface area contributed by atoms with Crippen molar-refractivity contribution >= 4 is 27.3 Å². The van der Waals surface area contributed by atoms with Crippen molar-refractivity contribution in [1.29, 1.82) is 0 Å². The summed E-state index contributed by atoms with van der Waals surface area (Å²) >= 11 is 1.49. The number of oxazole rings is 1. The van der Waals surface area contributed by atoms with Gasteiger partial charge in [0.25, 0.3) is 0 Å². The number of nitrogens with zero attached hydrogens (tertiary/aromatic N) is 1. The summed E-state index contributed by atoms with van der Waals surface area (Å²) in [5, 5.41) is 1.91. The van der Waals surface area contributed by atoms with Gasteiger partial charge in [-0.05, 0) is 36.4 Å². The molecule has 0 saturated heterocycles. The van der Waals surface area contributed by atoms with Crippen molar-refractivity contribution in [3.05, 3.63) is 47.2 Å². The Bertz CT molecular complexity index is 1230. The molecule has 11 heteroatoms. The number of carbonyl (C=O) groups excluding carboxylic acids is 1. The number of sulfonamides is 1. The molecule has 1 atom stereocenters. The molecule has 9 nitrogen and oxygen atoms in total. The predicted molar refractivity (Wildman–Crippen MR) is 121 cm³/mol. The van der Waals surface area contributed by atoms with Gasteiger partial charge in [0.05, 0.1) is 9.77 Å². The molecule has 1 aromatic carbocycles. The molecule has 1 aliphatic rings. The molecular weight excluding hydrogens is 468 g/mol. The minimum atomic E-state index is -4.02. The van der Waals surface area contributed by atoms with Crippen LogP contribution in [0.25, 0.3) is 10.8 Å². The fourth-order valence-corrected chi connectivity index (χ4v) is 5.18. The molecule has 1 aliphatic heterocycles. The highest BCUT2D eigenvalue weighted by molar-refractivity contribution is 7.89. The minimum Gasteiger partial charge on any atom is -0.486 e. The van der Waals surface area contributed by atoms with E-state index in [9.17, 15) is 13.2 Å². The second kappa shape index (κ2) is 9.54. The van der Waals surface area contributed by atoms with E-state index in [1.807, 2.05) is 17.5 Å². The van der Waals surface area contributed by atoms with Crippen LogP contribution in [0, 0.1) is 12.8 Å². The Morgan fingerprint density at radius 2 is 1.97 bits per heavy atom. The quantitative estimate of drug-likeness (QED) is 0.475. The Kier molecular flexibility index (Phi) is 6.73. The first-order valence-electron chi connectivity index (χ1n) is 10.3. The number of ether oxygens (including phenoxy) is 3. The topological polar surface area (TPSA) is 117 Å². The molecule has 0 bridgehead atoms. The number of hydrogen-bond donors (Lipinski definition) is 1. The van der Waals surface area contributed by atoms with Crippen LogP contribution in [0.1, 0.15) is 25.3 Å². The standard InChI is InChI=1S/C22H24N2O7S2/c1-13(2)20(24-33(26,27)15-6-7-17-18(11-15)29-9-8-28-17)22(25)30-12-16-14(3)31-21(23-16)19-5-4-10-32-19/h4-7,10-11,13,20,24H,8-9,12H2,1-3H3/t20-/m1/s1. The summed E-state index contributed by atoms with van der Waals surface area (Å²) < 4.78 is 50.3. The Morgan fingerprint density at radius 1 is 1.21 bits per heavy atom. The molecule has 33 heavy (non-hydrogen) atoms. The van der Waals surface area contributed by atoms with Crippen LogP contribution in [0.15, 0.2) is 45.0 Å². The molecule has 176 valence electrons. The van der Waals surface area contributed by atoms with Gasteiger partial charge in [0.2, 0.25) is 15.9 Å². The maximum atomic E-state index is 13.0. The summed E-state index contributed by atoms with van der Waals surface area (Å²) in [5.41, 5.74) is 0.476. The van der Waals surface area contributed by atoms with Gasteiger partial charge in [0.1, 0.15) is 37.3 Å². The lowest BCUT2D eigenvalue weighted by molar-refractivity contribution is -0.148. The minimum absolute atomic E-state index is 0.0295. The average Bonchev–Trinajstić information content (AvgIpc) is 3.45. The van der Waals surface area contributed by atoms with Crippen molar-refractivity contribution < 1.29 is 31.8 Å². The van der Waals surface area contributed by atoms with Crippen LogP contribution >= 0.6 is 11.3 Å². The Labute approximate surface area is 195 Å². The molecule has 0 fully saturated rings. The van der Waals surface area contributed by atoms with Gasteiger partial charge in [-0.15, -0.1) is 11.3 Å². The van der Waals surface area contributed by atoms with Crippen LogP contribution in [-0.4, -0.2) is 38.6 Å². The van der Waals surface area contributed by atoms with Gasteiger partial charge in [-0.1, -0.05) is 19.9 Å². The van der Waals surface area contributed by atoms with Crippen LogP contribution in [-0.2, 0) is 26.2 Å². The van der Waals surface area contributed by atoms with Crippen molar-refractivity contribution in [2.24, 2.45) is 5.92 Å². The number of fused-ring (bicyclic) bond motifs is 1. The summed E-state index contributed by atoms with van der Waals surface area (Å²) in [4.78, 5) is 18.0. The number of thiophene rings is 1. The van der Waals surface area contributed by atoms with E-state index in [1.165, 1.54) is 29.5 Å². The first kappa shape index (κ1) is 23.3. The molecule has 0 saturated carbocycles. The fourth-order valence-electron chi connectivity index (χ4n) is 3.18. The zero-order valence-electron chi connectivity index (χ0n) is 18.4. The molecule has 2 aromatic heterocycles.